The Balaban J connectivity index is 1.57. The molecular formula is C20H27N3O2. The van der Waals surface area contributed by atoms with Gasteiger partial charge in [-0.05, 0) is 24.5 Å². The van der Waals surface area contributed by atoms with Crippen LogP contribution < -0.4 is 0 Å². The first-order valence-corrected chi connectivity index (χ1v) is 9.11. The molecule has 2 aromatic rings. The van der Waals surface area contributed by atoms with Crippen molar-refractivity contribution in [1.82, 2.24) is 14.8 Å². The topological polar surface area (TPSA) is 56.4 Å². The van der Waals surface area contributed by atoms with E-state index in [2.05, 4.69) is 4.98 Å². The fraction of sp³-hybridized carbons (Fsp3) is 0.500. The number of fused-ring (bicyclic) bond motifs is 1. The number of amides is 2. The van der Waals surface area contributed by atoms with Gasteiger partial charge >= 0.3 is 0 Å². The van der Waals surface area contributed by atoms with Crippen molar-refractivity contribution in [3.8, 4) is 0 Å². The van der Waals surface area contributed by atoms with Crippen LogP contribution in [0.4, 0.5) is 0 Å². The highest BCUT2D eigenvalue weighted by molar-refractivity contribution is 5.90. The van der Waals surface area contributed by atoms with Crippen LogP contribution in [0.15, 0.2) is 30.5 Å². The molecule has 0 atom stereocenters. The fourth-order valence-corrected chi connectivity index (χ4v) is 3.65. The second-order valence-electron chi connectivity index (χ2n) is 7.08. The number of carbonyl (C=O) groups is 2. The average Bonchev–Trinajstić information content (AvgIpc) is 3.04. The quantitative estimate of drug-likeness (QED) is 0.909. The van der Waals surface area contributed by atoms with Crippen molar-refractivity contribution in [3.05, 3.63) is 36.0 Å². The predicted molar refractivity (Wildman–Crippen MR) is 99.3 cm³/mol. The van der Waals surface area contributed by atoms with Crippen LogP contribution in [0.2, 0.25) is 0 Å². The summed E-state index contributed by atoms with van der Waals surface area (Å²) in [4.78, 5) is 31.6. The lowest BCUT2D eigenvalue weighted by atomic mass is 9.94. The van der Waals surface area contributed by atoms with E-state index in [1.165, 1.54) is 19.3 Å². The molecule has 1 heterocycles. The summed E-state index contributed by atoms with van der Waals surface area (Å²) in [5, 5.41) is 1.06. The largest absolute Gasteiger partial charge is 0.361 e. The first-order valence-electron chi connectivity index (χ1n) is 9.11. The first kappa shape index (κ1) is 17.5. The van der Waals surface area contributed by atoms with Crippen molar-refractivity contribution in [2.45, 2.75) is 44.6 Å². The number of likely N-dealkylation sites (N-methyl/N-ethyl adjacent to an activating group) is 2. The normalized spacial score (nSPS) is 15.3. The van der Waals surface area contributed by atoms with Gasteiger partial charge in [-0.25, -0.2) is 0 Å². The predicted octanol–water partition coefficient (Wildman–Crippen LogP) is 2.96. The number of aromatic amines is 1. The van der Waals surface area contributed by atoms with Crippen LogP contribution in [0, 0.1) is 0 Å². The summed E-state index contributed by atoms with van der Waals surface area (Å²) in [6.45, 7) is 0.147. The fourth-order valence-electron chi connectivity index (χ4n) is 3.65. The number of rotatable bonds is 5. The summed E-state index contributed by atoms with van der Waals surface area (Å²) in [6, 6.07) is 8.28. The van der Waals surface area contributed by atoms with Gasteiger partial charge in [0.05, 0.1) is 13.0 Å². The Kier molecular flexibility index (Phi) is 5.41. The SMILES string of the molecule is CN(CC(=O)N(C)C1CCCCC1)C(=O)Cc1c[nH]c2ccccc12. The van der Waals surface area contributed by atoms with E-state index in [0.717, 1.165) is 29.3 Å². The van der Waals surface area contributed by atoms with Crippen molar-refractivity contribution in [3.63, 3.8) is 0 Å². The van der Waals surface area contributed by atoms with Gasteiger partial charge in [0.15, 0.2) is 0 Å². The minimum atomic E-state index is -0.0323. The van der Waals surface area contributed by atoms with Gasteiger partial charge in [-0.1, -0.05) is 37.5 Å². The zero-order chi connectivity index (χ0) is 17.8. The number of benzene rings is 1. The van der Waals surface area contributed by atoms with Crippen molar-refractivity contribution in [1.29, 1.82) is 0 Å². The number of hydrogen-bond acceptors (Lipinski definition) is 2. The molecule has 3 rings (SSSR count). The third-order valence-corrected chi connectivity index (χ3v) is 5.33. The standard InChI is InChI=1S/C20H27N3O2/c1-22(14-20(25)23(2)16-8-4-3-5-9-16)19(24)12-15-13-21-18-11-7-6-10-17(15)18/h6-7,10-11,13,16,21H,3-5,8-9,12,14H2,1-2H3. The molecule has 2 amide bonds. The minimum absolute atomic E-state index is 0.0293. The molecule has 0 saturated heterocycles. The molecule has 1 aliphatic carbocycles. The van der Waals surface area contributed by atoms with Crippen LogP contribution in [-0.2, 0) is 16.0 Å². The van der Waals surface area contributed by atoms with Gasteiger partial charge in [0.25, 0.3) is 0 Å². The van der Waals surface area contributed by atoms with E-state index in [4.69, 9.17) is 0 Å². The molecule has 1 aromatic heterocycles. The molecule has 5 nitrogen and oxygen atoms in total. The number of nitrogens with one attached hydrogen (secondary N) is 1. The van der Waals surface area contributed by atoms with Crippen molar-refractivity contribution in [2.24, 2.45) is 0 Å². The summed E-state index contributed by atoms with van der Waals surface area (Å²) >= 11 is 0. The molecule has 134 valence electrons. The van der Waals surface area contributed by atoms with Gasteiger partial charge in [-0.15, -0.1) is 0 Å². The van der Waals surface area contributed by atoms with Crippen LogP contribution in [0.5, 0.6) is 0 Å². The molecule has 1 aliphatic rings. The van der Waals surface area contributed by atoms with Crippen LogP contribution in [0.1, 0.15) is 37.7 Å². The maximum Gasteiger partial charge on any atom is 0.242 e. The molecule has 1 aromatic carbocycles. The third-order valence-electron chi connectivity index (χ3n) is 5.33. The van der Waals surface area contributed by atoms with Crippen molar-refractivity contribution >= 4 is 22.7 Å². The number of H-pyrrole nitrogens is 1. The number of aromatic nitrogens is 1. The van der Waals surface area contributed by atoms with E-state index in [-0.39, 0.29) is 18.4 Å². The highest BCUT2D eigenvalue weighted by atomic mass is 16.2. The number of nitrogens with zero attached hydrogens (tertiary/aromatic N) is 2. The number of hydrogen-bond donors (Lipinski definition) is 1. The van der Waals surface area contributed by atoms with Crippen LogP contribution in [0.3, 0.4) is 0 Å². The Bertz CT molecular complexity index is 746. The second kappa shape index (κ2) is 7.72. The summed E-state index contributed by atoms with van der Waals surface area (Å²) < 4.78 is 0. The number of para-hydroxylation sites is 1. The van der Waals surface area contributed by atoms with E-state index >= 15 is 0 Å². The van der Waals surface area contributed by atoms with E-state index in [0.29, 0.717) is 12.5 Å². The Morgan fingerprint density at radius 1 is 1.08 bits per heavy atom. The zero-order valence-electron chi connectivity index (χ0n) is 15.1. The molecule has 0 radical (unpaired) electrons. The lowest BCUT2D eigenvalue weighted by Crippen LogP contribution is -2.44. The van der Waals surface area contributed by atoms with Crippen LogP contribution in [-0.4, -0.2) is 53.3 Å². The van der Waals surface area contributed by atoms with Crippen LogP contribution >= 0.6 is 0 Å². The first-order chi connectivity index (χ1) is 12.1. The minimum Gasteiger partial charge on any atom is -0.361 e. The second-order valence-corrected chi connectivity index (χ2v) is 7.08. The van der Waals surface area contributed by atoms with Crippen molar-refractivity contribution in [2.75, 3.05) is 20.6 Å². The van der Waals surface area contributed by atoms with E-state index in [1.54, 1.807) is 11.9 Å². The molecule has 0 spiro atoms. The lowest BCUT2D eigenvalue weighted by molar-refractivity contribution is -0.139. The maximum atomic E-state index is 12.5. The van der Waals surface area contributed by atoms with E-state index in [1.807, 2.05) is 42.4 Å². The number of carbonyl (C=O) groups excluding carboxylic acids is 2. The molecule has 0 unspecified atom stereocenters. The average molecular weight is 341 g/mol. The summed E-state index contributed by atoms with van der Waals surface area (Å²) in [7, 11) is 3.58. The molecule has 0 bridgehead atoms. The Labute approximate surface area is 149 Å². The Hall–Kier alpha value is -2.30. The van der Waals surface area contributed by atoms with Crippen molar-refractivity contribution < 1.29 is 9.59 Å². The Morgan fingerprint density at radius 3 is 2.56 bits per heavy atom. The molecule has 1 fully saturated rings. The van der Waals surface area contributed by atoms with Gasteiger partial charge in [0.1, 0.15) is 0 Å². The van der Waals surface area contributed by atoms with Gasteiger partial charge in [-0.2, -0.15) is 0 Å². The molecule has 1 N–H and O–H groups in total. The van der Waals surface area contributed by atoms with Gasteiger partial charge in [0, 0.05) is 37.2 Å². The maximum absolute atomic E-state index is 12.5. The molecule has 0 aliphatic heterocycles. The summed E-state index contributed by atoms with van der Waals surface area (Å²) in [5.41, 5.74) is 2.00. The van der Waals surface area contributed by atoms with Gasteiger partial charge in [0.2, 0.25) is 11.8 Å². The van der Waals surface area contributed by atoms with Crippen LogP contribution in [0.25, 0.3) is 10.9 Å². The molecule has 25 heavy (non-hydrogen) atoms. The zero-order valence-corrected chi connectivity index (χ0v) is 15.1. The van der Waals surface area contributed by atoms with E-state index < -0.39 is 0 Å². The monoisotopic (exact) mass is 341 g/mol. The molecule has 1 saturated carbocycles. The smallest absolute Gasteiger partial charge is 0.242 e. The lowest BCUT2D eigenvalue weighted by Gasteiger charge is -2.32. The highest BCUT2D eigenvalue weighted by Gasteiger charge is 2.24. The van der Waals surface area contributed by atoms with Gasteiger partial charge in [-0.3, -0.25) is 9.59 Å². The summed E-state index contributed by atoms with van der Waals surface area (Å²) in [6.07, 6.45) is 7.99. The molecule has 5 heteroatoms. The summed E-state index contributed by atoms with van der Waals surface area (Å²) in [5.74, 6) is -0.00294. The highest BCUT2D eigenvalue weighted by Crippen LogP contribution is 2.22. The third kappa shape index (κ3) is 4.03. The van der Waals surface area contributed by atoms with E-state index in [9.17, 15) is 9.59 Å². The molecular weight excluding hydrogens is 314 g/mol. The van der Waals surface area contributed by atoms with Gasteiger partial charge < -0.3 is 14.8 Å². The Morgan fingerprint density at radius 2 is 1.80 bits per heavy atom.